The van der Waals surface area contributed by atoms with Gasteiger partial charge in [-0.25, -0.2) is 0 Å². The van der Waals surface area contributed by atoms with Crippen LogP contribution in [0, 0.1) is 0 Å². The molecule has 1 N–H and O–H groups in total. The Balaban J connectivity index is 1.70. The minimum Gasteiger partial charge on any atom is -0.490 e. The predicted molar refractivity (Wildman–Crippen MR) is 78.7 cm³/mol. The molecular formula is C16H26NO3+. The number of hydrogen-bond acceptors (Lipinski definition) is 3. The van der Waals surface area contributed by atoms with Gasteiger partial charge in [-0.1, -0.05) is 19.1 Å². The summed E-state index contributed by atoms with van der Waals surface area (Å²) in [5.74, 6) is 1.71. The van der Waals surface area contributed by atoms with Gasteiger partial charge >= 0.3 is 0 Å². The average Bonchev–Trinajstić information content (AvgIpc) is 2.51. The molecule has 1 aliphatic rings. The van der Waals surface area contributed by atoms with Gasteiger partial charge in [0.2, 0.25) is 0 Å². The van der Waals surface area contributed by atoms with Gasteiger partial charge in [-0.3, -0.25) is 0 Å². The monoisotopic (exact) mass is 280 g/mol. The molecule has 0 bridgehead atoms. The summed E-state index contributed by atoms with van der Waals surface area (Å²) in [4.78, 5) is 1.62. The van der Waals surface area contributed by atoms with Gasteiger partial charge in [0.25, 0.3) is 0 Å². The molecule has 1 fully saturated rings. The Labute approximate surface area is 121 Å². The number of nitrogens with one attached hydrogen (secondary N) is 1. The minimum absolute atomic E-state index is 0.734. The number of quaternary nitrogens is 1. The van der Waals surface area contributed by atoms with E-state index in [4.69, 9.17) is 14.2 Å². The molecule has 1 aromatic rings. The second-order valence-corrected chi connectivity index (χ2v) is 5.11. The van der Waals surface area contributed by atoms with Crippen LogP contribution < -0.4 is 14.4 Å². The maximum atomic E-state index is 5.86. The van der Waals surface area contributed by atoms with Crippen LogP contribution in [-0.2, 0) is 4.74 Å². The molecule has 0 aromatic heterocycles. The lowest BCUT2D eigenvalue weighted by Crippen LogP contribution is -3.14. The number of benzene rings is 1. The number of ether oxygens (including phenoxy) is 3. The fourth-order valence-electron chi connectivity index (χ4n) is 2.32. The normalized spacial score (nSPS) is 16.1. The van der Waals surface area contributed by atoms with E-state index >= 15 is 0 Å². The van der Waals surface area contributed by atoms with Crippen LogP contribution in [0.5, 0.6) is 11.5 Å². The summed E-state index contributed by atoms with van der Waals surface area (Å²) in [6, 6.07) is 7.92. The summed E-state index contributed by atoms with van der Waals surface area (Å²) >= 11 is 0. The largest absolute Gasteiger partial charge is 0.490 e. The Kier molecular flexibility index (Phi) is 6.68. The number of rotatable bonds is 8. The van der Waals surface area contributed by atoms with Crippen molar-refractivity contribution in [2.75, 3.05) is 46.1 Å². The van der Waals surface area contributed by atoms with Crippen molar-refractivity contribution < 1.29 is 19.1 Å². The highest BCUT2D eigenvalue weighted by Crippen LogP contribution is 2.26. The fourth-order valence-corrected chi connectivity index (χ4v) is 2.32. The first kappa shape index (κ1) is 15.1. The molecule has 1 saturated heterocycles. The van der Waals surface area contributed by atoms with Crippen molar-refractivity contribution >= 4 is 0 Å². The predicted octanol–water partition coefficient (Wildman–Crippen LogP) is 1.16. The highest BCUT2D eigenvalue weighted by molar-refractivity contribution is 5.39. The fraction of sp³-hybridized carbons (Fsp3) is 0.625. The number of morpholine rings is 1. The standard InChI is InChI=1S/C16H25NO3/c1-2-11-19-15-6-3-4-7-16(15)20-12-5-8-17-9-13-18-14-10-17/h3-4,6-7H,2,5,8-14H2,1H3/p+1. The summed E-state index contributed by atoms with van der Waals surface area (Å²) < 4.78 is 16.9. The minimum atomic E-state index is 0.734. The maximum absolute atomic E-state index is 5.86. The van der Waals surface area contributed by atoms with Gasteiger partial charge in [0.1, 0.15) is 13.1 Å². The van der Waals surface area contributed by atoms with Crippen LogP contribution in [0.3, 0.4) is 0 Å². The molecule has 0 unspecified atom stereocenters. The first-order valence-electron chi connectivity index (χ1n) is 7.66. The van der Waals surface area contributed by atoms with E-state index in [0.29, 0.717) is 0 Å². The molecule has 0 radical (unpaired) electrons. The van der Waals surface area contributed by atoms with Crippen LogP contribution in [0.25, 0.3) is 0 Å². The second kappa shape index (κ2) is 8.82. The third-order valence-corrected chi connectivity index (χ3v) is 3.44. The maximum Gasteiger partial charge on any atom is 0.161 e. The third kappa shape index (κ3) is 5.02. The Morgan fingerprint density at radius 2 is 1.70 bits per heavy atom. The van der Waals surface area contributed by atoms with E-state index in [-0.39, 0.29) is 0 Å². The zero-order valence-electron chi connectivity index (χ0n) is 12.4. The Bertz CT molecular complexity index is 378. The molecule has 4 nitrogen and oxygen atoms in total. The first-order valence-corrected chi connectivity index (χ1v) is 7.66. The van der Waals surface area contributed by atoms with Crippen LogP contribution in [-0.4, -0.2) is 46.1 Å². The van der Waals surface area contributed by atoms with Crippen molar-refractivity contribution in [2.45, 2.75) is 19.8 Å². The molecule has 0 spiro atoms. The Morgan fingerprint density at radius 1 is 1.05 bits per heavy atom. The van der Waals surface area contributed by atoms with Gasteiger partial charge in [-0.15, -0.1) is 0 Å². The SMILES string of the molecule is CCCOc1ccccc1OCCC[NH+]1CCOCC1. The van der Waals surface area contributed by atoms with Gasteiger partial charge in [0.15, 0.2) is 11.5 Å². The van der Waals surface area contributed by atoms with E-state index < -0.39 is 0 Å². The van der Waals surface area contributed by atoms with E-state index in [9.17, 15) is 0 Å². The average molecular weight is 280 g/mol. The van der Waals surface area contributed by atoms with Crippen LogP contribution in [0.1, 0.15) is 19.8 Å². The van der Waals surface area contributed by atoms with Crippen LogP contribution in [0.4, 0.5) is 0 Å². The highest BCUT2D eigenvalue weighted by Gasteiger charge is 2.13. The van der Waals surface area contributed by atoms with Gasteiger partial charge in [0.05, 0.1) is 33.0 Å². The lowest BCUT2D eigenvalue weighted by molar-refractivity contribution is -0.908. The summed E-state index contributed by atoms with van der Waals surface area (Å²) in [7, 11) is 0. The number of para-hydroxylation sites is 2. The van der Waals surface area contributed by atoms with Gasteiger partial charge in [-0.05, 0) is 18.6 Å². The molecule has 0 amide bonds. The zero-order valence-corrected chi connectivity index (χ0v) is 12.4. The summed E-state index contributed by atoms with van der Waals surface area (Å²) in [6.07, 6.45) is 2.08. The van der Waals surface area contributed by atoms with Crippen molar-refractivity contribution in [3.05, 3.63) is 24.3 Å². The second-order valence-electron chi connectivity index (χ2n) is 5.11. The van der Waals surface area contributed by atoms with Gasteiger partial charge in [0, 0.05) is 6.42 Å². The quantitative estimate of drug-likeness (QED) is 0.725. The topological polar surface area (TPSA) is 32.1 Å². The Morgan fingerprint density at radius 3 is 2.35 bits per heavy atom. The molecule has 4 heteroatoms. The third-order valence-electron chi connectivity index (χ3n) is 3.44. The van der Waals surface area contributed by atoms with Gasteiger partial charge in [-0.2, -0.15) is 0 Å². The highest BCUT2D eigenvalue weighted by atomic mass is 16.5. The lowest BCUT2D eigenvalue weighted by atomic mass is 10.3. The van der Waals surface area contributed by atoms with E-state index in [1.54, 1.807) is 4.90 Å². The first-order chi connectivity index (χ1) is 9.90. The summed E-state index contributed by atoms with van der Waals surface area (Å²) in [5.41, 5.74) is 0. The smallest absolute Gasteiger partial charge is 0.161 e. The molecule has 1 aromatic carbocycles. The molecule has 0 atom stereocenters. The molecule has 2 rings (SSSR count). The van der Waals surface area contributed by atoms with Crippen molar-refractivity contribution in [1.29, 1.82) is 0 Å². The van der Waals surface area contributed by atoms with E-state index in [1.165, 1.54) is 0 Å². The van der Waals surface area contributed by atoms with Gasteiger partial charge < -0.3 is 19.1 Å². The molecule has 0 aliphatic carbocycles. The van der Waals surface area contributed by atoms with E-state index in [2.05, 4.69) is 6.92 Å². The van der Waals surface area contributed by atoms with Crippen molar-refractivity contribution in [1.82, 2.24) is 0 Å². The molecule has 112 valence electrons. The molecule has 1 aliphatic heterocycles. The molecular weight excluding hydrogens is 254 g/mol. The van der Waals surface area contributed by atoms with Crippen LogP contribution >= 0.6 is 0 Å². The lowest BCUT2D eigenvalue weighted by Gasteiger charge is -2.23. The van der Waals surface area contributed by atoms with Crippen LogP contribution in [0.15, 0.2) is 24.3 Å². The summed E-state index contributed by atoms with van der Waals surface area (Å²) in [5, 5.41) is 0. The van der Waals surface area contributed by atoms with E-state index in [1.807, 2.05) is 24.3 Å². The summed E-state index contributed by atoms with van der Waals surface area (Å²) in [6.45, 7) is 8.77. The number of hydrogen-bond donors (Lipinski definition) is 1. The van der Waals surface area contributed by atoms with E-state index in [0.717, 1.165) is 70.4 Å². The Hall–Kier alpha value is -1.26. The molecule has 20 heavy (non-hydrogen) atoms. The van der Waals surface area contributed by atoms with Crippen molar-refractivity contribution in [3.63, 3.8) is 0 Å². The molecule has 0 saturated carbocycles. The van der Waals surface area contributed by atoms with Crippen molar-refractivity contribution in [3.8, 4) is 11.5 Å². The zero-order chi connectivity index (χ0) is 14.0. The van der Waals surface area contributed by atoms with Crippen LogP contribution in [0.2, 0.25) is 0 Å². The molecule has 1 heterocycles. The van der Waals surface area contributed by atoms with Crippen molar-refractivity contribution in [2.24, 2.45) is 0 Å².